The summed E-state index contributed by atoms with van der Waals surface area (Å²) in [4.78, 5) is 3.87. The number of hydrogen-bond acceptors (Lipinski definition) is 3. The Kier molecular flexibility index (Phi) is 4.72. The number of anilines is 1. The van der Waals surface area contributed by atoms with E-state index in [1.54, 1.807) is 4.90 Å². The van der Waals surface area contributed by atoms with Crippen LogP contribution < -0.4 is 10.6 Å². The molecule has 1 aromatic carbocycles. The first-order chi connectivity index (χ1) is 9.88. The summed E-state index contributed by atoms with van der Waals surface area (Å²) in [6.45, 7) is 2.18. The van der Waals surface area contributed by atoms with Crippen molar-refractivity contribution in [3.63, 3.8) is 0 Å². The minimum Gasteiger partial charge on any atom is -0.387 e. The Balaban J connectivity index is 1.91. The van der Waals surface area contributed by atoms with E-state index in [2.05, 4.69) is 4.90 Å². The quantitative estimate of drug-likeness (QED) is 0.660. The van der Waals surface area contributed by atoms with Crippen molar-refractivity contribution in [1.82, 2.24) is 4.90 Å². The summed E-state index contributed by atoms with van der Waals surface area (Å²) in [5.41, 5.74) is 6.16. The lowest BCUT2D eigenvalue weighted by Crippen LogP contribution is -2.51. The molecule has 1 heterocycles. The molecule has 0 aromatic heterocycles. The molecule has 0 spiro atoms. The van der Waals surface area contributed by atoms with Gasteiger partial charge < -0.3 is 10.6 Å². The molecule has 1 unspecified atom stereocenters. The summed E-state index contributed by atoms with van der Waals surface area (Å²) in [5, 5.41) is 7.12. The molecule has 0 saturated carbocycles. The second kappa shape index (κ2) is 6.34. The van der Waals surface area contributed by atoms with E-state index in [-0.39, 0.29) is 6.54 Å². The van der Waals surface area contributed by atoms with Crippen LogP contribution in [-0.4, -0.2) is 49.6 Å². The van der Waals surface area contributed by atoms with Crippen LogP contribution in [0.15, 0.2) is 30.3 Å². The third-order valence-electron chi connectivity index (χ3n) is 3.70. The molecular weight excluding hydrogens is 281 g/mol. The SMILES string of the molecule is N=C(N)C(CN1CCN(c2ccccc2)CC1)C(F)(F)F. The minimum absolute atomic E-state index is 0.235. The van der Waals surface area contributed by atoms with Gasteiger partial charge in [-0.15, -0.1) is 0 Å². The number of nitrogens with zero attached hydrogens (tertiary/aromatic N) is 2. The number of rotatable bonds is 4. The van der Waals surface area contributed by atoms with Gasteiger partial charge in [0, 0.05) is 38.4 Å². The van der Waals surface area contributed by atoms with E-state index < -0.39 is 17.9 Å². The molecule has 2 rings (SSSR count). The Labute approximate surface area is 121 Å². The van der Waals surface area contributed by atoms with Gasteiger partial charge in [-0.25, -0.2) is 0 Å². The molecule has 7 heteroatoms. The number of amidine groups is 1. The molecule has 21 heavy (non-hydrogen) atoms. The van der Waals surface area contributed by atoms with Crippen molar-refractivity contribution in [2.45, 2.75) is 6.18 Å². The van der Waals surface area contributed by atoms with E-state index in [0.717, 1.165) is 5.69 Å². The number of para-hydroxylation sites is 1. The average molecular weight is 300 g/mol. The van der Waals surface area contributed by atoms with Gasteiger partial charge in [-0.2, -0.15) is 13.2 Å². The molecule has 0 bridgehead atoms. The fraction of sp³-hybridized carbons (Fsp3) is 0.500. The van der Waals surface area contributed by atoms with Gasteiger partial charge in [0.2, 0.25) is 0 Å². The lowest BCUT2D eigenvalue weighted by atomic mass is 10.1. The Morgan fingerprint density at radius 3 is 2.19 bits per heavy atom. The fourth-order valence-electron chi connectivity index (χ4n) is 2.46. The summed E-state index contributed by atoms with van der Waals surface area (Å²) >= 11 is 0. The van der Waals surface area contributed by atoms with Crippen LogP contribution in [0.5, 0.6) is 0 Å². The number of nitrogens with two attached hydrogens (primary N) is 1. The van der Waals surface area contributed by atoms with Crippen LogP contribution in [0.25, 0.3) is 0 Å². The van der Waals surface area contributed by atoms with E-state index in [9.17, 15) is 13.2 Å². The molecule has 0 radical (unpaired) electrons. The lowest BCUT2D eigenvalue weighted by Gasteiger charge is -2.37. The maximum Gasteiger partial charge on any atom is 0.399 e. The number of alkyl halides is 3. The monoisotopic (exact) mass is 300 g/mol. The summed E-state index contributed by atoms with van der Waals surface area (Å²) in [5.74, 6) is -2.69. The van der Waals surface area contributed by atoms with Crippen molar-refractivity contribution in [3.05, 3.63) is 30.3 Å². The third-order valence-corrected chi connectivity index (χ3v) is 3.70. The Hall–Kier alpha value is -1.76. The van der Waals surface area contributed by atoms with Crippen LogP contribution in [0, 0.1) is 11.3 Å². The molecule has 0 amide bonds. The maximum atomic E-state index is 12.8. The standard InChI is InChI=1S/C14H19F3N4/c15-14(16,17)12(13(18)19)10-20-6-8-21(9-7-20)11-4-2-1-3-5-11/h1-5,12H,6-10H2,(H3,18,19). The number of piperazine rings is 1. The highest BCUT2D eigenvalue weighted by molar-refractivity contribution is 5.80. The first kappa shape index (κ1) is 15.6. The largest absolute Gasteiger partial charge is 0.399 e. The van der Waals surface area contributed by atoms with Crippen molar-refractivity contribution in [1.29, 1.82) is 5.41 Å². The van der Waals surface area contributed by atoms with E-state index >= 15 is 0 Å². The zero-order chi connectivity index (χ0) is 15.5. The predicted molar refractivity (Wildman–Crippen MR) is 76.6 cm³/mol. The highest BCUT2D eigenvalue weighted by atomic mass is 19.4. The van der Waals surface area contributed by atoms with Gasteiger partial charge >= 0.3 is 6.18 Å². The highest BCUT2D eigenvalue weighted by Gasteiger charge is 2.43. The van der Waals surface area contributed by atoms with Crippen LogP contribution in [0.2, 0.25) is 0 Å². The van der Waals surface area contributed by atoms with Crippen molar-refractivity contribution < 1.29 is 13.2 Å². The molecule has 4 nitrogen and oxygen atoms in total. The summed E-state index contributed by atoms with van der Waals surface area (Å²) < 4.78 is 38.4. The van der Waals surface area contributed by atoms with E-state index in [0.29, 0.717) is 26.2 Å². The molecule has 1 atom stereocenters. The van der Waals surface area contributed by atoms with Crippen LogP contribution >= 0.6 is 0 Å². The van der Waals surface area contributed by atoms with Crippen molar-refractivity contribution >= 4 is 11.5 Å². The zero-order valence-electron chi connectivity index (χ0n) is 11.6. The Morgan fingerprint density at radius 1 is 1.14 bits per heavy atom. The normalized spacial score (nSPS) is 18.5. The summed E-state index contributed by atoms with van der Waals surface area (Å²) in [7, 11) is 0. The van der Waals surface area contributed by atoms with Crippen molar-refractivity contribution in [2.75, 3.05) is 37.6 Å². The molecular formula is C14H19F3N4. The van der Waals surface area contributed by atoms with Crippen LogP contribution in [0.4, 0.5) is 18.9 Å². The molecule has 1 aliphatic heterocycles. The van der Waals surface area contributed by atoms with E-state index in [1.807, 2.05) is 30.3 Å². The van der Waals surface area contributed by atoms with E-state index in [1.165, 1.54) is 0 Å². The van der Waals surface area contributed by atoms with Gasteiger partial charge in [0.15, 0.2) is 0 Å². The maximum absolute atomic E-state index is 12.8. The van der Waals surface area contributed by atoms with Crippen LogP contribution in [0.1, 0.15) is 0 Å². The second-order valence-electron chi connectivity index (χ2n) is 5.17. The van der Waals surface area contributed by atoms with Gasteiger partial charge in [-0.1, -0.05) is 18.2 Å². The molecule has 1 saturated heterocycles. The van der Waals surface area contributed by atoms with Gasteiger partial charge in [0.1, 0.15) is 11.8 Å². The Bertz CT molecular complexity index is 467. The van der Waals surface area contributed by atoms with Crippen LogP contribution in [0.3, 0.4) is 0 Å². The predicted octanol–water partition coefficient (Wildman–Crippen LogP) is 1.92. The molecule has 116 valence electrons. The van der Waals surface area contributed by atoms with Gasteiger partial charge in [0.05, 0.1) is 0 Å². The number of nitrogens with one attached hydrogen (secondary N) is 1. The van der Waals surface area contributed by atoms with Gasteiger partial charge in [-0.05, 0) is 12.1 Å². The fourth-order valence-corrected chi connectivity index (χ4v) is 2.46. The topological polar surface area (TPSA) is 56.4 Å². The van der Waals surface area contributed by atoms with Gasteiger partial charge in [-0.3, -0.25) is 10.3 Å². The van der Waals surface area contributed by atoms with Crippen molar-refractivity contribution in [3.8, 4) is 0 Å². The number of hydrogen-bond donors (Lipinski definition) is 2. The zero-order valence-corrected chi connectivity index (χ0v) is 11.6. The average Bonchev–Trinajstić information content (AvgIpc) is 2.45. The van der Waals surface area contributed by atoms with Crippen molar-refractivity contribution in [2.24, 2.45) is 11.7 Å². The molecule has 1 fully saturated rings. The number of halogens is 3. The van der Waals surface area contributed by atoms with Gasteiger partial charge in [0.25, 0.3) is 0 Å². The molecule has 1 aromatic rings. The summed E-state index contributed by atoms with van der Waals surface area (Å²) in [6.07, 6.45) is -4.46. The Morgan fingerprint density at radius 2 is 1.71 bits per heavy atom. The third kappa shape index (κ3) is 4.10. The molecule has 0 aliphatic carbocycles. The first-order valence-corrected chi connectivity index (χ1v) is 6.81. The molecule has 1 aliphatic rings. The first-order valence-electron chi connectivity index (χ1n) is 6.81. The smallest absolute Gasteiger partial charge is 0.387 e. The minimum atomic E-state index is -4.46. The van der Waals surface area contributed by atoms with Crippen LogP contribution in [-0.2, 0) is 0 Å². The summed E-state index contributed by atoms with van der Waals surface area (Å²) in [6, 6.07) is 9.79. The second-order valence-corrected chi connectivity index (χ2v) is 5.17. The lowest BCUT2D eigenvalue weighted by molar-refractivity contribution is -0.160. The highest BCUT2D eigenvalue weighted by Crippen LogP contribution is 2.27. The number of benzene rings is 1. The van der Waals surface area contributed by atoms with E-state index in [4.69, 9.17) is 11.1 Å². The molecule has 3 N–H and O–H groups in total.